The summed E-state index contributed by atoms with van der Waals surface area (Å²) in [7, 11) is -4.40. The normalized spacial score (nSPS) is 13.2. The van der Waals surface area contributed by atoms with Crippen molar-refractivity contribution in [2.24, 2.45) is 0 Å². The number of unbranched alkanes of at least 4 members (excludes halogenated alkanes) is 14. The van der Waals surface area contributed by atoms with E-state index in [2.05, 4.69) is 73.0 Å². The van der Waals surface area contributed by atoms with Gasteiger partial charge in [0.15, 0.2) is 0 Å². The van der Waals surface area contributed by atoms with E-state index in [0.717, 1.165) is 66.5 Å². The lowest BCUT2D eigenvalue weighted by Crippen LogP contribution is -2.36. The summed E-state index contributed by atoms with van der Waals surface area (Å²) in [4.78, 5) is 34.9. The van der Waals surface area contributed by atoms with Gasteiger partial charge in [-0.1, -0.05) is 177 Å². The molecule has 0 spiro atoms. The zero-order valence-corrected chi connectivity index (χ0v) is 39.0. The van der Waals surface area contributed by atoms with Gasteiger partial charge in [-0.15, -0.1) is 0 Å². The van der Waals surface area contributed by atoms with Gasteiger partial charge in [-0.05, 0) is 79.1 Å². The number of rotatable bonds is 36. The smallest absolute Gasteiger partial charge is 0.472 e. The van der Waals surface area contributed by atoms with Crippen LogP contribution in [-0.2, 0) is 27.9 Å². The second-order valence-corrected chi connectivity index (χ2v) is 17.6. The van der Waals surface area contributed by atoms with Crippen molar-refractivity contribution in [1.29, 1.82) is 0 Å². The summed E-state index contributed by atoms with van der Waals surface area (Å²) in [6.45, 7) is 6.87. The van der Waals surface area contributed by atoms with Crippen LogP contribution in [0.25, 0.3) is 11.1 Å². The minimum atomic E-state index is -4.40. The van der Waals surface area contributed by atoms with E-state index in [1.165, 1.54) is 82.6 Å². The molecule has 0 radical (unpaired) electrons. The highest BCUT2D eigenvalue weighted by atomic mass is 31.2. The van der Waals surface area contributed by atoms with Crippen LogP contribution in [0.3, 0.4) is 0 Å². The molecule has 11 heteroatoms. The molecule has 0 aliphatic carbocycles. The van der Waals surface area contributed by atoms with Crippen molar-refractivity contribution in [3.05, 3.63) is 102 Å². The minimum Gasteiger partial charge on any atom is -0.494 e. The van der Waals surface area contributed by atoms with E-state index in [1.807, 2.05) is 36.4 Å². The van der Waals surface area contributed by atoms with Gasteiger partial charge >= 0.3 is 13.8 Å². The molecule has 3 aromatic rings. The summed E-state index contributed by atoms with van der Waals surface area (Å²) >= 11 is 0. The molecule has 3 aromatic carbocycles. The molecule has 3 N–H and O–H groups in total. The van der Waals surface area contributed by atoms with Crippen LogP contribution in [0.15, 0.2) is 84.9 Å². The first-order valence-corrected chi connectivity index (χ1v) is 25.1. The maximum Gasteiger partial charge on any atom is 0.472 e. The molecule has 62 heavy (non-hydrogen) atoms. The molecule has 2 atom stereocenters. The third-order valence-corrected chi connectivity index (χ3v) is 11.6. The molecular formula is C51H77N2O8P. The van der Waals surface area contributed by atoms with Crippen LogP contribution >= 0.6 is 7.82 Å². The van der Waals surface area contributed by atoms with E-state index in [0.29, 0.717) is 19.6 Å². The molecule has 0 bridgehead atoms. The molecule has 344 valence electrons. The molecule has 0 fully saturated rings. The summed E-state index contributed by atoms with van der Waals surface area (Å²) in [5.74, 6) is 0.248. The Hall–Kier alpha value is -3.79. The van der Waals surface area contributed by atoms with Gasteiger partial charge in [-0.25, -0.2) is 4.57 Å². The molecule has 1 amide bonds. The van der Waals surface area contributed by atoms with Gasteiger partial charge in [0, 0.05) is 13.0 Å². The van der Waals surface area contributed by atoms with Crippen molar-refractivity contribution in [2.75, 3.05) is 39.5 Å². The zero-order valence-electron chi connectivity index (χ0n) is 38.1. The molecule has 0 saturated heterocycles. The summed E-state index contributed by atoms with van der Waals surface area (Å²) in [6.07, 6.45) is 21.0. The van der Waals surface area contributed by atoms with Crippen molar-refractivity contribution in [3.63, 3.8) is 0 Å². The summed E-state index contributed by atoms with van der Waals surface area (Å²) in [5, 5.41) is 5.92. The maximum absolute atomic E-state index is 12.5. The summed E-state index contributed by atoms with van der Waals surface area (Å²) in [5.41, 5.74) is 5.73. The summed E-state index contributed by atoms with van der Waals surface area (Å²) in [6, 6.07) is 29.1. The molecule has 10 nitrogen and oxygen atoms in total. The quantitative estimate of drug-likeness (QED) is 0.0226. The number of allylic oxidation sites excluding steroid dienone is 1. The molecular weight excluding hydrogens is 800 g/mol. The van der Waals surface area contributed by atoms with Crippen molar-refractivity contribution >= 4 is 30.8 Å². The highest BCUT2D eigenvalue weighted by Gasteiger charge is 2.23. The van der Waals surface area contributed by atoms with E-state index in [9.17, 15) is 19.0 Å². The van der Waals surface area contributed by atoms with E-state index in [4.69, 9.17) is 18.5 Å². The first kappa shape index (κ1) is 52.6. The minimum absolute atomic E-state index is 0.0296. The number of benzene rings is 3. The fourth-order valence-corrected chi connectivity index (χ4v) is 8.11. The van der Waals surface area contributed by atoms with E-state index in [1.54, 1.807) is 6.92 Å². The number of amides is 1. The number of phosphoric ester groups is 1. The molecule has 2 unspecified atom stereocenters. The van der Waals surface area contributed by atoms with Gasteiger partial charge in [0.25, 0.3) is 0 Å². The lowest BCUT2D eigenvalue weighted by Gasteiger charge is -2.18. The van der Waals surface area contributed by atoms with Crippen LogP contribution in [0.5, 0.6) is 5.75 Å². The molecule has 0 saturated carbocycles. The topological polar surface area (TPSA) is 132 Å². The Labute approximate surface area is 373 Å². The average Bonchev–Trinajstić information content (AvgIpc) is 3.28. The average molecular weight is 877 g/mol. The van der Waals surface area contributed by atoms with Crippen LogP contribution in [0.1, 0.15) is 159 Å². The highest BCUT2D eigenvalue weighted by Crippen LogP contribution is 2.43. The Morgan fingerprint density at radius 2 is 1.16 bits per heavy atom. The Morgan fingerprint density at radius 3 is 1.74 bits per heavy atom. The number of hydrogen-bond donors (Lipinski definition) is 3. The van der Waals surface area contributed by atoms with Crippen molar-refractivity contribution in [3.8, 4) is 5.75 Å². The van der Waals surface area contributed by atoms with Gasteiger partial charge < -0.3 is 25.0 Å². The number of carbonyl (C=O) groups excluding carboxylic acids is 2. The fourth-order valence-electron chi connectivity index (χ4n) is 7.31. The largest absolute Gasteiger partial charge is 0.494 e. The van der Waals surface area contributed by atoms with Crippen LogP contribution in [0.2, 0.25) is 0 Å². The number of esters is 1. The fraction of sp³-hybridized carbons (Fsp3) is 0.569. The number of hydrogen-bond acceptors (Lipinski definition) is 8. The van der Waals surface area contributed by atoms with Crippen LogP contribution in [0.4, 0.5) is 0 Å². The molecule has 0 aliphatic heterocycles. The van der Waals surface area contributed by atoms with Crippen molar-refractivity contribution in [1.82, 2.24) is 10.6 Å². The Bertz CT molecular complexity index is 1700. The number of ether oxygens (including phenoxy) is 2. The van der Waals surface area contributed by atoms with Gasteiger partial charge in [-0.3, -0.25) is 18.6 Å². The SMILES string of the molecule is CCCCCCCCCCCCCCCCCC(=O)OC(C)COP(=O)(O)OCCNC(=O)CNCCCC(=C(c1ccccc1)c1ccc(OCCC)cc1)c1ccccc1. The number of carbonyl (C=O) groups is 2. The highest BCUT2D eigenvalue weighted by molar-refractivity contribution is 7.47. The molecule has 0 aliphatic rings. The predicted octanol–water partition coefficient (Wildman–Crippen LogP) is 12.2. The van der Waals surface area contributed by atoms with E-state index in [-0.39, 0.29) is 38.2 Å². The second kappa shape index (κ2) is 32.8. The van der Waals surface area contributed by atoms with Crippen molar-refractivity contribution < 1.29 is 37.6 Å². The Morgan fingerprint density at radius 1 is 0.613 bits per heavy atom. The predicted molar refractivity (Wildman–Crippen MR) is 253 cm³/mol. The van der Waals surface area contributed by atoms with Gasteiger partial charge in [0.2, 0.25) is 5.91 Å². The third-order valence-electron chi connectivity index (χ3n) is 10.6. The lowest BCUT2D eigenvalue weighted by atomic mass is 9.87. The second-order valence-electron chi connectivity index (χ2n) is 16.2. The maximum atomic E-state index is 12.5. The standard InChI is InChI=1S/C51H77N2O8P/c1-4-6-7-8-9-10-11-12-13-14-15-16-17-18-25-32-50(55)61-43(3)42-60-62(56,57)59-40-38-53-49(54)41-52-37-26-31-48(44-27-21-19-22-28-44)51(45-29-23-20-24-30-45)46-33-35-47(36-34-46)58-39-5-2/h19-24,27-30,33-36,43,52H,4-18,25-26,31-32,37-42H2,1-3H3,(H,53,54)(H,56,57). The van der Waals surface area contributed by atoms with Crippen LogP contribution < -0.4 is 15.4 Å². The first-order valence-electron chi connectivity index (χ1n) is 23.6. The number of phosphoric acid groups is 1. The van der Waals surface area contributed by atoms with Gasteiger partial charge in [-0.2, -0.15) is 0 Å². The molecule has 0 aromatic heterocycles. The van der Waals surface area contributed by atoms with Gasteiger partial charge in [0.1, 0.15) is 11.9 Å². The van der Waals surface area contributed by atoms with Crippen molar-refractivity contribution in [2.45, 2.75) is 149 Å². The Balaban J connectivity index is 1.28. The third kappa shape index (κ3) is 23.6. The Kier molecular flexibility index (Phi) is 27.8. The summed E-state index contributed by atoms with van der Waals surface area (Å²) < 4.78 is 33.7. The monoisotopic (exact) mass is 877 g/mol. The molecule has 3 rings (SSSR count). The van der Waals surface area contributed by atoms with E-state index >= 15 is 0 Å². The lowest BCUT2D eigenvalue weighted by molar-refractivity contribution is -0.150. The van der Waals surface area contributed by atoms with Crippen LogP contribution in [0, 0.1) is 0 Å². The molecule has 0 heterocycles. The number of nitrogens with one attached hydrogen (secondary N) is 2. The zero-order chi connectivity index (χ0) is 44.5. The first-order chi connectivity index (χ1) is 30.2. The van der Waals surface area contributed by atoms with Gasteiger partial charge in [0.05, 0.1) is 26.4 Å². The van der Waals surface area contributed by atoms with E-state index < -0.39 is 13.9 Å². The van der Waals surface area contributed by atoms with Crippen LogP contribution in [-0.4, -0.2) is 62.3 Å².